The number of nitrogen functional groups attached to an aromatic ring is 1. The second-order valence-electron chi connectivity index (χ2n) is 4.43. The van der Waals surface area contributed by atoms with Gasteiger partial charge in [-0.05, 0) is 35.9 Å². The molecule has 20 heavy (non-hydrogen) atoms. The van der Waals surface area contributed by atoms with Crippen molar-refractivity contribution < 1.29 is 4.21 Å². The molecule has 0 fully saturated rings. The molecular formula is C14H12BrN3OS. The van der Waals surface area contributed by atoms with Crippen LogP contribution in [0.15, 0.2) is 52.1 Å². The van der Waals surface area contributed by atoms with Gasteiger partial charge in [0.25, 0.3) is 0 Å². The summed E-state index contributed by atoms with van der Waals surface area (Å²) in [5.41, 5.74) is 8.97. The van der Waals surface area contributed by atoms with E-state index in [1.807, 2.05) is 30.3 Å². The van der Waals surface area contributed by atoms with Crippen LogP contribution in [0.1, 0.15) is 5.56 Å². The Morgan fingerprint density at radius 2 is 1.95 bits per heavy atom. The number of hydrogen-bond donors (Lipinski definition) is 2. The molecule has 0 amide bonds. The van der Waals surface area contributed by atoms with E-state index in [4.69, 9.17) is 5.73 Å². The van der Waals surface area contributed by atoms with E-state index >= 15 is 0 Å². The summed E-state index contributed by atoms with van der Waals surface area (Å²) in [6.07, 6.45) is 0. The maximum Gasteiger partial charge on any atom is 0.197 e. The summed E-state index contributed by atoms with van der Waals surface area (Å²) in [7, 11) is -1.20. The molecular weight excluding hydrogens is 338 g/mol. The minimum atomic E-state index is -1.20. The Kier molecular flexibility index (Phi) is 3.58. The van der Waals surface area contributed by atoms with Gasteiger partial charge in [-0.25, -0.2) is 4.98 Å². The lowest BCUT2D eigenvalue weighted by molar-refractivity contribution is 0.677. The summed E-state index contributed by atoms with van der Waals surface area (Å²) in [6, 6.07) is 13.2. The molecule has 1 heterocycles. The van der Waals surface area contributed by atoms with Gasteiger partial charge in [-0.15, -0.1) is 0 Å². The van der Waals surface area contributed by atoms with Crippen LogP contribution >= 0.6 is 15.9 Å². The first-order valence-corrected chi connectivity index (χ1v) is 8.11. The monoisotopic (exact) mass is 349 g/mol. The number of halogens is 1. The summed E-state index contributed by atoms with van der Waals surface area (Å²) < 4.78 is 13.3. The van der Waals surface area contributed by atoms with Crippen LogP contribution in [0.3, 0.4) is 0 Å². The van der Waals surface area contributed by atoms with Gasteiger partial charge in [0, 0.05) is 10.2 Å². The maximum absolute atomic E-state index is 12.3. The Morgan fingerprint density at radius 1 is 1.20 bits per heavy atom. The number of aromatic amines is 1. The number of fused-ring (bicyclic) bond motifs is 1. The van der Waals surface area contributed by atoms with E-state index in [2.05, 4.69) is 25.9 Å². The molecule has 0 radical (unpaired) electrons. The van der Waals surface area contributed by atoms with E-state index in [-0.39, 0.29) is 0 Å². The molecule has 4 nitrogen and oxygen atoms in total. The van der Waals surface area contributed by atoms with Crippen molar-refractivity contribution in [2.45, 2.75) is 10.9 Å². The Bertz CT molecular complexity index is 783. The predicted octanol–water partition coefficient (Wildman–Crippen LogP) is 3.22. The molecule has 0 saturated heterocycles. The van der Waals surface area contributed by atoms with Gasteiger partial charge in [-0.3, -0.25) is 4.21 Å². The van der Waals surface area contributed by atoms with E-state index in [1.165, 1.54) is 0 Å². The third kappa shape index (κ3) is 2.76. The molecule has 0 aliphatic heterocycles. The van der Waals surface area contributed by atoms with Crippen LogP contribution < -0.4 is 5.73 Å². The number of imidazole rings is 1. The van der Waals surface area contributed by atoms with Crippen LogP contribution in [-0.4, -0.2) is 14.2 Å². The number of nitrogens with zero attached hydrogens (tertiary/aromatic N) is 1. The van der Waals surface area contributed by atoms with Crippen LogP contribution in [0.4, 0.5) is 5.69 Å². The Hall–Kier alpha value is -1.66. The minimum absolute atomic E-state index is 0.433. The van der Waals surface area contributed by atoms with Crippen LogP contribution in [0.2, 0.25) is 0 Å². The number of nitrogens with two attached hydrogens (primary N) is 1. The smallest absolute Gasteiger partial charge is 0.197 e. The lowest BCUT2D eigenvalue weighted by atomic mass is 10.2. The zero-order valence-electron chi connectivity index (χ0n) is 10.5. The molecule has 0 bridgehead atoms. The number of hydrogen-bond acceptors (Lipinski definition) is 3. The van der Waals surface area contributed by atoms with E-state index in [0.29, 0.717) is 16.6 Å². The third-order valence-electron chi connectivity index (χ3n) is 2.91. The Labute approximate surface area is 127 Å². The van der Waals surface area contributed by atoms with E-state index < -0.39 is 10.8 Å². The minimum Gasteiger partial charge on any atom is -0.399 e. The van der Waals surface area contributed by atoms with Crippen LogP contribution in [0, 0.1) is 0 Å². The highest BCUT2D eigenvalue weighted by Crippen LogP contribution is 2.18. The highest BCUT2D eigenvalue weighted by molar-refractivity contribution is 9.10. The number of nitrogens with one attached hydrogen (secondary N) is 1. The molecule has 1 aromatic heterocycles. The Morgan fingerprint density at radius 3 is 2.70 bits per heavy atom. The fourth-order valence-corrected chi connectivity index (χ4v) is 3.23. The topological polar surface area (TPSA) is 71.8 Å². The van der Waals surface area contributed by atoms with Crippen molar-refractivity contribution in [1.82, 2.24) is 9.97 Å². The van der Waals surface area contributed by atoms with Gasteiger partial charge in [0.05, 0.1) is 27.6 Å². The first kappa shape index (κ1) is 13.3. The second kappa shape index (κ2) is 5.38. The second-order valence-corrected chi connectivity index (χ2v) is 6.72. The molecule has 3 N–H and O–H groups in total. The van der Waals surface area contributed by atoms with Crippen molar-refractivity contribution in [1.29, 1.82) is 0 Å². The lowest BCUT2D eigenvalue weighted by Gasteiger charge is -1.99. The van der Waals surface area contributed by atoms with E-state index in [9.17, 15) is 4.21 Å². The van der Waals surface area contributed by atoms with Crippen molar-refractivity contribution in [2.75, 3.05) is 5.73 Å². The van der Waals surface area contributed by atoms with Crippen molar-refractivity contribution in [2.24, 2.45) is 0 Å². The average molecular weight is 350 g/mol. The summed E-state index contributed by atoms with van der Waals surface area (Å²) >= 11 is 3.38. The number of H-pyrrole nitrogens is 1. The summed E-state index contributed by atoms with van der Waals surface area (Å²) in [5, 5.41) is 0.480. The molecule has 3 rings (SSSR count). The predicted molar refractivity (Wildman–Crippen MR) is 84.8 cm³/mol. The van der Waals surface area contributed by atoms with Gasteiger partial charge < -0.3 is 10.7 Å². The first-order chi connectivity index (χ1) is 9.61. The molecule has 1 atom stereocenters. The fourth-order valence-electron chi connectivity index (χ4n) is 1.91. The molecule has 0 saturated carbocycles. The molecule has 0 spiro atoms. The van der Waals surface area contributed by atoms with Gasteiger partial charge >= 0.3 is 0 Å². The van der Waals surface area contributed by atoms with Crippen molar-refractivity contribution in [3.05, 3.63) is 52.5 Å². The largest absolute Gasteiger partial charge is 0.399 e. The molecule has 102 valence electrons. The quantitative estimate of drug-likeness (QED) is 0.713. The van der Waals surface area contributed by atoms with Gasteiger partial charge in [-0.2, -0.15) is 0 Å². The Balaban J connectivity index is 1.86. The van der Waals surface area contributed by atoms with Crippen molar-refractivity contribution in [3.63, 3.8) is 0 Å². The van der Waals surface area contributed by atoms with Gasteiger partial charge in [0.1, 0.15) is 0 Å². The highest BCUT2D eigenvalue weighted by Gasteiger charge is 2.11. The average Bonchev–Trinajstić information content (AvgIpc) is 2.84. The number of anilines is 1. The summed E-state index contributed by atoms with van der Waals surface area (Å²) in [5.74, 6) is 0.433. The number of rotatable bonds is 3. The van der Waals surface area contributed by atoms with E-state index in [0.717, 1.165) is 21.1 Å². The number of aromatic nitrogens is 2. The van der Waals surface area contributed by atoms with Gasteiger partial charge in [0.15, 0.2) is 5.16 Å². The molecule has 2 aromatic carbocycles. The molecule has 3 aromatic rings. The molecule has 0 aliphatic rings. The van der Waals surface area contributed by atoms with E-state index in [1.54, 1.807) is 12.1 Å². The third-order valence-corrected chi connectivity index (χ3v) is 4.66. The maximum atomic E-state index is 12.3. The summed E-state index contributed by atoms with van der Waals surface area (Å²) in [6.45, 7) is 0. The normalized spacial score (nSPS) is 12.7. The van der Waals surface area contributed by atoms with Gasteiger partial charge in [0.2, 0.25) is 0 Å². The lowest BCUT2D eigenvalue weighted by Crippen LogP contribution is -1.98. The highest BCUT2D eigenvalue weighted by atomic mass is 79.9. The van der Waals surface area contributed by atoms with Gasteiger partial charge in [-0.1, -0.05) is 28.1 Å². The fraction of sp³-hybridized carbons (Fsp3) is 0.0714. The zero-order chi connectivity index (χ0) is 14.1. The summed E-state index contributed by atoms with van der Waals surface area (Å²) in [4.78, 5) is 7.41. The van der Waals surface area contributed by atoms with Crippen LogP contribution in [0.25, 0.3) is 11.0 Å². The number of benzene rings is 2. The molecule has 0 aliphatic carbocycles. The van der Waals surface area contributed by atoms with Crippen molar-refractivity contribution in [3.8, 4) is 0 Å². The zero-order valence-corrected chi connectivity index (χ0v) is 12.9. The van der Waals surface area contributed by atoms with Crippen LogP contribution in [0.5, 0.6) is 0 Å². The standard InChI is InChI=1S/C14H12BrN3OS/c15-10-3-1-9(2-4-10)8-20(19)14-17-12-6-5-11(16)7-13(12)18-14/h1-7H,8,16H2,(H,17,18). The molecule has 6 heteroatoms. The molecule has 1 unspecified atom stereocenters. The first-order valence-electron chi connectivity index (χ1n) is 6.00. The SMILES string of the molecule is Nc1ccc2nc(S(=O)Cc3ccc(Br)cc3)[nH]c2c1. The van der Waals surface area contributed by atoms with Crippen molar-refractivity contribution >= 4 is 43.5 Å². The van der Waals surface area contributed by atoms with Crippen LogP contribution in [-0.2, 0) is 16.6 Å².